The number of carbonyl (C=O) groups is 4. The molecule has 3 amide bonds. The van der Waals surface area contributed by atoms with Crippen LogP contribution in [0.1, 0.15) is 27.1 Å². The number of amides is 3. The third kappa shape index (κ3) is 6.07. The summed E-state index contributed by atoms with van der Waals surface area (Å²) in [4.78, 5) is 51.2. The van der Waals surface area contributed by atoms with Crippen molar-refractivity contribution in [2.24, 2.45) is 0 Å². The molecule has 0 saturated heterocycles. The lowest BCUT2D eigenvalue weighted by Crippen LogP contribution is -2.46. The highest BCUT2D eigenvalue weighted by molar-refractivity contribution is 7.98. The van der Waals surface area contributed by atoms with Gasteiger partial charge in [-0.2, -0.15) is 11.8 Å². The maximum absolute atomic E-state index is 12.7. The van der Waals surface area contributed by atoms with Crippen molar-refractivity contribution in [1.82, 2.24) is 4.90 Å². The van der Waals surface area contributed by atoms with Crippen LogP contribution < -0.4 is 10.1 Å². The lowest BCUT2D eigenvalue weighted by atomic mass is 10.1. The minimum Gasteiger partial charge on any atom is -0.454 e. The van der Waals surface area contributed by atoms with Gasteiger partial charge in [-0.3, -0.25) is 19.3 Å². The van der Waals surface area contributed by atoms with Crippen LogP contribution in [0, 0.1) is 0 Å². The summed E-state index contributed by atoms with van der Waals surface area (Å²) in [5.74, 6) is -2.93. The standard InChI is InChI=1S/C22H19F3N2O6S/c1-34-11-10-17(27-19(29)15-4-2-3-5-16(15)20(27)30)21(31)32-12-18(28)26-13-6-8-14(9-7-13)33-22(23,24)25/h2-9,17H,10-12H2,1H3,(H,26,28). The molecule has 0 fully saturated rings. The zero-order chi connectivity index (χ0) is 24.9. The maximum atomic E-state index is 12.7. The van der Waals surface area contributed by atoms with E-state index in [-0.39, 0.29) is 23.2 Å². The van der Waals surface area contributed by atoms with Crippen LogP contribution in [-0.2, 0) is 14.3 Å². The molecule has 8 nitrogen and oxygen atoms in total. The molecule has 1 N–H and O–H groups in total. The molecule has 180 valence electrons. The van der Waals surface area contributed by atoms with Crippen LogP contribution in [0.25, 0.3) is 0 Å². The van der Waals surface area contributed by atoms with Crippen molar-refractivity contribution in [1.29, 1.82) is 0 Å². The third-order valence-corrected chi connectivity index (χ3v) is 5.37. The molecule has 2 aromatic rings. The number of rotatable bonds is 9. The second-order valence-electron chi connectivity index (χ2n) is 7.05. The summed E-state index contributed by atoms with van der Waals surface area (Å²) in [6.07, 6.45) is -2.91. The van der Waals surface area contributed by atoms with Crippen molar-refractivity contribution < 1.29 is 41.8 Å². The molecular formula is C22H19F3N2O6S. The molecule has 0 radical (unpaired) electrons. The first-order valence-electron chi connectivity index (χ1n) is 9.89. The zero-order valence-electron chi connectivity index (χ0n) is 17.8. The quantitative estimate of drug-likeness (QED) is 0.419. The van der Waals surface area contributed by atoms with Crippen molar-refractivity contribution >= 4 is 41.1 Å². The molecule has 0 aromatic heterocycles. The monoisotopic (exact) mass is 496 g/mol. The van der Waals surface area contributed by atoms with Crippen LogP contribution in [0.5, 0.6) is 5.75 Å². The molecular weight excluding hydrogens is 477 g/mol. The van der Waals surface area contributed by atoms with Gasteiger partial charge in [0.05, 0.1) is 11.1 Å². The fourth-order valence-corrected chi connectivity index (χ4v) is 3.70. The predicted octanol–water partition coefficient (Wildman–Crippen LogP) is 3.48. The number of alkyl halides is 3. The molecule has 3 rings (SSSR count). The number of fused-ring (bicyclic) bond motifs is 1. The van der Waals surface area contributed by atoms with Gasteiger partial charge in [-0.25, -0.2) is 4.79 Å². The normalized spacial score (nSPS) is 13.9. The molecule has 1 aliphatic heterocycles. The molecule has 12 heteroatoms. The Labute approximate surface area is 196 Å². The van der Waals surface area contributed by atoms with Gasteiger partial charge in [0.2, 0.25) is 0 Å². The number of benzene rings is 2. The van der Waals surface area contributed by atoms with Gasteiger partial charge in [0.25, 0.3) is 17.7 Å². The topological polar surface area (TPSA) is 102 Å². The van der Waals surface area contributed by atoms with Gasteiger partial charge < -0.3 is 14.8 Å². The highest BCUT2D eigenvalue weighted by atomic mass is 32.2. The third-order valence-electron chi connectivity index (χ3n) is 4.72. The van der Waals surface area contributed by atoms with Gasteiger partial charge in [0, 0.05) is 5.69 Å². The van der Waals surface area contributed by atoms with E-state index in [0.717, 1.165) is 17.0 Å². The first kappa shape index (κ1) is 25.1. The lowest BCUT2D eigenvalue weighted by molar-refractivity contribution is -0.274. The summed E-state index contributed by atoms with van der Waals surface area (Å²) in [5.41, 5.74) is 0.519. The Morgan fingerprint density at radius 3 is 2.15 bits per heavy atom. The van der Waals surface area contributed by atoms with Gasteiger partial charge in [0.1, 0.15) is 11.8 Å². The molecule has 34 heavy (non-hydrogen) atoms. The summed E-state index contributed by atoms with van der Waals surface area (Å²) >= 11 is 1.41. The zero-order valence-corrected chi connectivity index (χ0v) is 18.6. The Morgan fingerprint density at radius 2 is 1.62 bits per heavy atom. The highest BCUT2D eigenvalue weighted by Crippen LogP contribution is 2.27. The van der Waals surface area contributed by atoms with E-state index >= 15 is 0 Å². The molecule has 1 unspecified atom stereocenters. The van der Waals surface area contributed by atoms with E-state index in [4.69, 9.17) is 4.74 Å². The van der Waals surface area contributed by atoms with Crippen molar-refractivity contribution in [3.8, 4) is 5.75 Å². The van der Waals surface area contributed by atoms with Gasteiger partial charge in [-0.15, -0.1) is 13.2 Å². The van der Waals surface area contributed by atoms with Crippen LogP contribution in [0.15, 0.2) is 48.5 Å². The van der Waals surface area contributed by atoms with Gasteiger partial charge >= 0.3 is 12.3 Å². The number of hydrogen-bond acceptors (Lipinski definition) is 7. The molecule has 1 atom stereocenters. The molecule has 0 bridgehead atoms. The summed E-state index contributed by atoms with van der Waals surface area (Å²) in [5, 5.41) is 2.37. The SMILES string of the molecule is CSCCC(C(=O)OCC(=O)Nc1ccc(OC(F)(F)F)cc1)N1C(=O)c2ccccc2C1=O. The number of thioether (sulfide) groups is 1. The molecule has 0 aliphatic carbocycles. The van der Waals surface area contributed by atoms with Gasteiger partial charge in [-0.1, -0.05) is 12.1 Å². The Kier molecular flexibility index (Phi) is 7.82. The van der Waals surface area contributed by atoms with Gasteiger partial charge in [0.15, 0.2) is 6.61 Å². The van der Waals surface area contributed by atoms with Crippen molar-refractivity contribution in [3.05, 3.63) is 59.7 Å². The fourth-order valence-electron chi connectivity index (χ4n) is 3.24. The Bertz CT molecular complexity index is 1060. The van der Waals surface area contributed by atoms with Crippen LogP contribution in [0.4, 0.5) is 18.9 Å². The van der Waals surface area contributed by atoms with E-state index in [1.165, 1.54) is 36.0 Å². The lowest BCUT2D eigenvalue weighted by Gasteiger charge is -2.24. The van der Waals surface area contributed by atoms with E-state index < -0.39 is 48.5 Å². The second kappa shape index (κ2) is 10.6. The molecule has 0 spiro atoms. The first-order chi connectivity index (χ1) is 16.1. The highest BCUT2D eigenvalue weighted by Gasteiger charge is 2.43. The predicted molar refractivity (Wildman–Crippen MR) is 116 cm³/mol. The summed E-state index contributed by atoms with van der Waals surface area (Å²) in [7, 11) is 0. The fraction of sp³-hybridized carbons (Fsp3) is 0.273. The van der Waals surface area contributed by atoms with Crippen molar-refractivity contribution in [2.75, 3.05) is 23.9 Å². The number of hydrogen-bond donors (Lipinski definition) is 1. The van der Waals surface area contributed by atoms with E-state index in [1.807, 2.05) is 0 Å². The van der Waals surface area contributed by atoms with Crippen LogP contribution in [0.3, 0.4) is 0 Å². The van der Waals surface area contributed by atoms with Crippen molar-refractivity contribution in [3.63, 3.8) is 0 Å². The van der Waals surface area contributed by atoms with Crippen LogP contribution in [-0.4, -0.2) is 59.6 Å². The number of ether oxygens (including phenoxy) is 2. The number of anilines is 1. The molecule has 1 aliphatic rings. The molecule has 2 aromatic carbocycles. The number of imide groups is 1. The molecule has 0 saturated carbocycles. The average Bonchev–Trinajstić information content (AvgIpc) is 3.04. The number of carbonyl (C=O) groups excluding carboxylic acids is 4. The Balaban J connectivity index is 1.61. The largest absolute Gasteiger partial charge is 0.573 e. The van der Waals surface area contributed by atoms with E-state index in [2.05, 4.69) is 10.1 Å². The number of nitrogens with zero attached hydrogens (tertiary/aromatic N) is 1. The van der Waals surface area contributed by atoms with E-state index in [1.54, 1.807) is 18.4 Å². The number of esters is 1. The Morgan fingerprint density at radius 1 is 1.03 bits per heavy atom. The average molecular weight is 496 g/mol. The molecule has 1 heterocycles. The van der Waals surface area contributed by atoms with Crippen molar-refractivity contribution in [2.45, 2.75) is 18.8 Å². The minimum absolute atomic E-state index is 0.133. The first-order valence-corrected chi connectivity index (χ1v) is 11.3. The number of nitrogens with one attached hydrogen (secondary N) is 1. The summed E-state index contributed by atoms with van der Waals surface area (Å²) in [6, 6.07) is 9.36. The summed E-state index contributed by atoms with van der Waals surface area (Å²) < 4.78 is 45.5. The number of halogens is 3. The van der Waals surface area contributed by atoms with E-state index in [0.29, 0.717) is 5.75 Å². The summed E-state index contributed by atoms with van der Waals surface area (Å²) in [6.45, 7) is -0.724. The van der Waals surface area contributed by atoms with Crippen LogP contribution in [0.2, 0.25) is 0 Å². The van der Waals surface area contributed by atoms with E-state index in [9.17, 15) is 32.3 Å². The van der Waals surface area contributed by atoms with Crippen LogP contribution >= 0.6 is 11.8 Å². The minimum atomic E-state index is -4.84. The second-order valence-corrected chi connectivity index (χ2v) is 8.04. The smallest absolute Gasteiger partial charge is 0.454 e. The Hall–Kier alpha value is -3.54. The maximum Gasteiger partial charge on any atom is 0.573 e. The van der Waals surface area contributed by atoms with Gasteiger partial charge in [-0.05, 0) is 54.8 Å².